The summed E-state index contributed by atoms with van der Waals surface area (Å²) in [6.07, 6.45) is 0.770. The fraction of sp³-hybridized carbons (Fsp3) is 0.423. The zero-order valence-electron chi connectivity index (χ0n) is 21.7. The quantitative estimate of drug-likeness (QED) is 0.305. The molecular weight excluding hydrogens is 497 g/mol. The van der Waals surface area contributed by atoms with Crippen LogP contribution in [0.2, 0.25) is 4.34 Å². The number of halogens is 1. The second-order valence-electron chi connectivity index (χ2n) is 9.82. The van der Waals surface area contributed by atoms with Crippen LogP contribution in [0.15, 0.2) is 30.3 Å². The Kier molecular flexibility index (Phi) is 7.49. The molecule has 0 radical (unpaired) electrons. The highest BCUT2D eigenvalue weighted by Gasteiger charge is 2.52. The molecule has 10 heteroatoms. The molecule has 3 aromatic rings. The third-order valence-corrected chi connectivity index (χ3v) is 7.93. The van der Waals surface area contributed by atoms with Gasteiger partial charge in [0.25, 0.3) is 0 Å². The maximum absolute atomic E-state index is 11.6. The van der Waals surface area contributed by atoms with Crippen LogP contribution in [-0.4, -0.2) is 34.3 Å². The molecule has 0 spiro atoms. The first kappa shape index (κ1) is 26.6. The van der Waals surface area contributed by atoms with Crippen LogP contribution in [0.3, 0.4) is 0 Å². The number of nitrogens with zero attached hydrogens (tertiary/aromatic N) is 2. The number of carbonyl (C=O) groups is 1. The number of anilines is 2. The van der Waals surface area contributed by atoms with Crippen molar-refractivity contribution in [2.75, 3.05) is 5.32 Å². The topological polar surface area (TPSA) is 82.6 Å². The van der Waals surface area contributed by atoms with Gasteiger partial charge >= 0.3 is 13.1 Å². The molecule has 0 atom stereocenters. The van der Waals surface area contributed by atoms with E-state index in [4.69, 9.17) is 35.6 Å². The van der Waals surface area contributed by atoms with E-state index in [0.717, 1.165) is 45.1 Å². The highest BCUT2D eigenvalue weighted by molar-refractivity contribution is 7.19. The molecule has 1 fully saturated rings. The van der Waals surface area contributed by atoms with Crippen molar-refractivity contribution in [2.45, 2.75) is 72.7 Å². The van der Waals surface area contributed by atoms with Gasteiger partial charge in [-0.15, -0.1) is 11.3 Å². The lowest BCUT2D eigenvalue weighted by molar-refractivity contribution is -0.142. The van der Waals surface area contributed by atoms with E-state index in [1.807, 2.05) is 65.0 Å². The van der Waals surface area contributed by atoms with Crippen LogP contribution in [0.25, 0.3) is 10.7 Å². The van der Waals surface area contributed by atoms with E-state index < -0.39 is 18.3 Å². The van der Waals surface area contributed by atoms with E-state index >= 15 is 0 Å². The third kappa shape index (κ3) is 5.44. The molecule has 0 amide bonds. The average Bonchev–Trinajstić information content (AvgIpc) is 3.31. The van der Waals surface area contributed by atoms with E-state index in [9.17, 15) is 4.79 Å². The number of rotatable bonds is 7. The first-order valence-electron chi connectivity index (χ1n) is 11.9. The van der Waals surface area contributed by atoms with Crippen molar-refractivity contribution in [2.24, 2.45) is 0 Å². The number of thiophene rings is 1. The zero-order valence-corrected chi connectivity index (χ0v) is 23.3. The molecule has 4 rings (SSSR count). The van der Waals surface area contributed by atoms with Crippen molar-refractivity contribution in [3.8, 4) is 10.7 Å². The van der Waals surface area contributed by atoms with E-state index in [2.05, 4.69) is 12.2 Å². The van der Waals surface area contributed by atoms with Gasteiger partial charge in [0, 0.05) is 23.9 Å². The Morgan fingerprint density at radius 3 is 2.42 bits per heavy atom. The van der Waals surface area contributed by atoms with Crippen molar-refractivity contribution >= 4 is 53.0 Å². The predicted molar refractivity (Wildman–Crippen MR) is 145 cm³/mol. The number of carbonyl (C=O) groups excluding carboxylic acids is 1. The summed E-state index contributed by atoms with van der Waals surface area (Å²) in [5.41, 5.74) is 3.39. The highest BCUT2D eigenvalue weighted by Crippen LogP contribution is 2.37. The van der Waals surface area contributed by atoms with Gasteiger partial charge in [-0.2, -0.15) is 0 Å². The van der Waals surface area contributed by atoms with Crippen LogP contribution in [0.5, 0.6) is 0 Å². The lowest BCUT2D eigenvalue weighted by Gasteiger charge is -2.32. The van der Waals surface area contributed by atoms with Gasteiger partial charge in [-0.05, 0) is 76.3 Å². The molecule has 0 saturated carbocycles. The summed E-state index contributed by atoms with van der Waals surface area (Å²) in [5.74, 6) is 0.997. The van der Waals surface area contributed by atoms with E-state index in [1.54, 1.807) is 0 Å². The Morgan fingerprint density at radius 1 is 1.14 bits per heavy atom. The largest absolute Gasteiger partial charge is 0.495 e. The lowest BCUT2D eigenvalue weighted by atomic mass is 9.76. The van der Waals surface area contributed by atoms with Crippen molar-refractivity contribution < 1.29 is 18.8 Å². The van der Waals surface area contributed by atoms with Gasteiger partial charge in [-0.3, -0.25) is 4.79 Å². The number of aryl methyl sites for hydroxylation is 1. The molecule has 0 unspecified atom stereocenters. The van der Waals surface area contributed by atoms with Crippen LogP contribution >= 0.6 is 22.9 Å². The third-order valence-electron chi connectivity index (χ3n) is 6.70. The Labute approximate surface area is 221 Å². The SMILES string of the molecule is CCc1c(C)nc(-c2ccc(Cl)s2)nc1Nc1ccc(B2OC(C)(C)C(C)(C)O2)c(COC(C)=O)c1. The number of ether oxygens (including phenoxy) is 1. The van der Waals surface area contributed by atoms with E-state index in [0.29, 0.717) is 10.2 Å². The minimum atomic E-state index is -0.572. The summed E-state index contributed by atoms with van der Waals surface area (Å²) >= 11 is 7.58. The summed E-state index contributed by atoms with van der Waals surface area (Å²) in [4.78, 5) is 22.0. The number of aromatic nitrogens is 2. The number of esters is 1. The second kappa shape index (κ2) is 10.1. The molecule has 3 heterocycles. The van der Waals surface area contributed by atoms with Gasteiger partial charge in [-0.25, -0.2) is 9.97 Å². The Balaban J connectivity index is 1.70. The van der Waals surface area contributed by atoms with Crippen LogP contribution in [0.1, 0.15) is 58.4 Å². The lowest BCUT2D eigenvalue weighted by Crippen LogP contribution is -2.41. The number of hydrogen-bond donors (Lipinski definition) is 1. The molecule has 190 valence electrons. The molecule has 7 nitrogen and oxygen atoms in total. The average molecular weight is 528 g/mol. The fourth-order valence-electron chi connectivity index (χ4n) is 3.99. The van der Waals surface area contributed by atoms with E-state index in [1.165, 1.54) is 18.3 Å². The van der Waals surface area contributed by atoms with Crippen LogP contribution in [-0.2, 0) is 31.9 Å². The number of benzene rings is 1. The van der Waals surface area contributed by atoms with Crippen LogP contribution in [0.4, 0.5) is 11.5 Å². The van der Waals surface area contributed by atoms with Crippen LogP contribution < -0.4 is 10.8 Å². The second-order valence-corrected chi connectivity index (χ2v) is 11.5. The molecule has 0 bridgehead atoms. The highest BCUT2D eigenvalue weighted by atomic mass is 35.5. The molecule has 1 saturated heterocycles. The fourth-order valence-corrected chi connectivity index (χ4v) is 4.97. The summed E-state index contributed by atoms with van der Waals surface area (Å²) < 4.78 is 18.6. The Morgan fingerprint density at radius 2 is 1.83 bits per heavy atom. The van der Waals surface area contributed by atoms with Crippen molar-refractivity contribution in [3.05, 3.63) is 51.5 Å². The van der Waals surface area contributed by atoms with Gasteiger partial charge in [0.15, 0.2) is 5.82 Å². The first-order valence-corrected chi connectivity index (χ1v) is 13.1. The van der Waals surface area contributed by atoms with E-state index in [-0.39, 0.29) is 12.6 Å². The monoisotopic (exact) mass is 527 g/mol. The number of hydrogen-bond acceptors (Lipinski definition) is 8. The van der Waals surface area contributed by atoms with Crippen molar-refractivity contribution in [1.29, 1.82) is 0 Å². The molecular formula is C26H31BClN3O4S. The standard InChI is InChI=1S/C26H31BClN3O4S/c1-8-19-15(2)29-24(21-11-12-22(28)36-21)31-23(19)30-18-9-10-20(17(13-18)14-33-16(3)32)27-34-25(4,5)26(6,7)35-27/h9-13H,8,14H2,1-7H3,(H,29,30,31). The first-order chi connectivity index (χ1) is 16.9. The smallest absolute Gasteiger partial charge is 0.461 e. The summed E-state index contributed by atoms with van der Waals surface area (Å²) in [6.45, 7) is 13.6. The molecule has 1 aliphatic heterocycles. The summed E-state index contributed by atoms with van der Waals surface area (Å²) in [6, 6.07) is 9.62. The van der Waals surface area contributed by atoms with Gasteiger partial charge in [0.2, 0.25) is 0 Å². The molecule has 0 aliphatic carbocycles. The van der Waals surface area contributed by atoms with Crippen molar-refractivity contribution in [1.82, 2.24) is 9.97 Å². The minimum Gasteiger partial charge on any atom is -0.461 e. The van der Waals surface area contributed by atoms with Gasteiger partial charge in [0.1, 0.15) is 12.4 Å². The number of nitrogens with one attached hydrogen (secondary N) is 1. The molecule has 1 aromatic carbocycles. The van der Waals surface area contributed by atoms with Gasteiger partial charge in [-0.1, -0.05) is 24.6 Å². The maximum Gasteiger partial charge on any atom is 0.495 e. The van der Waals surface area contributed by atoms with Crippen LogP contribution in [0, 0.1) is 6.92 Å². The molecule has 1 aliphatic rings. The normalized spacial score (nSPS) is 16.3. The molecule has 2 aromatic heterocycles. The van der Waals surface area contributed by atoms with Crippen molar-refractivity contribution in [3.63, 3.8) is 0 Å². The molecule has 36 heavy (non-hydrogen) atoms. The summed E-state index contributed by atoms with van der Waals surface area (Å²) in [7, 11) is -0.572. The van der Waals surface area contributed by atoms with Gasteiger partial charge in [0.05, 0.1) is 20.4 Å². The molecule has 1 N–H and O–H groups in total. The Hall–Kier alpha value is -2.46. The maximum atomic E-state index is 11.6. The minimum absolute atomic E-state index is 0.104. The zero-order chi connectivity index (χ0) is 26.3. The van der Waals surface area contributed by atoms with Gasteiger partial charge < -0.3 is 19.4 Å². The Bertz CT molecular complexity index is 1280. The summed E-state index contributed by atoms with van der Waals surface area (Å²) in [5, 5.41) is 3.46. The predicted octanol–water partition coefficient (Wildman–Crippen LogP) is 5.84.